The van der Waals surface area contributed by atoms with Gasteiger partial charge in [0.15, 0.2) is 0 Å². The number of thioether (sulfide) groups is 1. The third-order valence-electron chi connectivity index (χ3n) is 4.42. The lowest BCUT2D eigenvalue weighted by Gasteiger charge is -2.33. The van der Waals surface area contributed by atoms with Gasteiger partial charge in [0.25, 0.3) is 0 Å². The topological polar surface area (TPSA) is 12.0 Å². The number of nitrogens with one attached hydrogen (secondary N) is 1. The monoisotopic (exact) mass is 277 g/mol. The Balaban J connectivity index is 2.05. The molecule has 0 saturated carbocycles. The number of likely N-dealkylation sites (N-methyl/N-ethyl adjacent to an activating group) is 1. The fourth-order valence-electron chi connectivity index (χ4n) is 2.97. The molecule has 19 heavy (non-hydrogen) atoms. The molecule has 1 fully saturated rings. The van der Waals surface area contributed by atoms with Crippen molar-refractivity contribution in [2.45, 2.75) is 56.7 Å². The SMILES string of the molecule is CNC(Cc1ccc(C(C)C)cc1)C1(C)CCCS1. The highest BCUT2D eigenvalue weighted by molar-refractivity contribution is 8.00. The summed E-state index contributed by atoms with van der Waals surface area (Å²) >= 11 is 2.14. The van der Waals surface area contributed by atoms with E-state index < -0.39 is 0 Å². The van der Waals surface area contributed by atoms with Crippen molar-refractivity contribution in [3.05, 3.63) is 35.4 Å². The number of benzene rings is 1. The van der Waals surface area contributed by atoms with Crippen LogP contribution in [0.5, 0.6) is 0 Å². The van der Waals surface area contributed by atoms with E-state index in [1.807, 2.05) is 0 Å². The maximum absolute atomic E-state index is 3.55. The van der Waals surface area contributed by atoms with Crippen LogP contribution in [0.25, 0.3) is 0 Å². The predicted octanol–water partition coefficient (Wildman–Crippen LogP) is 4.23. The van der Waals surface area contributed by atoms with Crippen molar-refractivity contribution in [3.63, 3.8) is 0 Å². The fourth-order valence-corrected chi connectivity index (χ4v) is 4.42. The van der Waals surface area contributed by atoms with E-state index in [9.17, 15) is 0 Å². The Bertz CT molecular complexity index is 390. The Hall–Kier alpha value is -0.470. The van der Waals surface area contributed by atoms with Crippen LogP contribution in [0.15, 0.2) is 24.3 Å². The molecule has 106 valence electrons. The van der Waals surface area contributed by atoms with Crippen LogP contribution in [0.2, 0.25) is 0 Å². The summed E-state index contributed by atoms with van der Waals surface area (Å²) in [5, 5.41) is 3.55. The second-order valence-electron chi connectivity index (χ2n) is 6.21. The van der Waals surface area contributed by atoms with Crippen molar-refractivity contribution in [3.8, 4) is 0 Å². The standard InChI is InChI=1S/C17H27NS/c1-13(2)15-8-6-14(7-9-15)12-16(18-4)17(3)10-5-11-19-17/h6-9,13,16,18H,5,10-12H2,1-4H3. The molecule has 0 radical (unpaired) electrons. The molecule has 1 heterocycles. The molecule has 1 aliphatic heterocycles. The molecule has 0 aromatic heterocycles. The van der Waals surface area contributed by atoms with E-state index in [4.69, 9.17) is 0 Å². The first kappa shape index (κ1) is 14.9. The van der Waals surface area contributed by atoms with Crippen LogP contribution in [-0.4, -0.2) is 23.6 Å². The van der Waals surface area contributed by atoms with Crippen molar-refractivity contribution in [1.82, 2.24) is 5.32 Å². The van der Waals surface area contributed by atoms with Crippen LogP contribution in [0.4, 0.5) is 0 Å². The Kier molecular flexibility index (Phi) is 4.97. The highest BCUT2D eigenvalue weighted by Crippen LogP contribution is 2.41. The normalized spacial score (nSPS) is 24.9. The van der Waals surface area contributed by atoms with Gasteiger partial charge < -0.3 is 5.32 Å². The third kappa shape index (κ3) is 3.55. The van der Waals surface area contributed by atoms with Crippen molar-refractivity contribution >= 4 is 11.8 Å². The molecule has 1 saturated heterocycles. The molecule has 2 atom stereocenters. The van der Waals surface area contributed by atoms with E-state index >= 15 is 0 Å². The molecule has 0 spiro atoms. The third-order valence-corrected chi connectivity index (χ3v) is 6.06. The van der Waals surface area contributed by atoms with Crippen LogP contribution >= 0.6 is 11.8 Å². The van der Waals surface area contributed by atoms with Gasteiger partial charge in [-0.15, -0.1) is 0 Å². The summed E-state index contributed by atoms with van der Waals surface area (Å²) in [5.74, 6) is 1.94. The molecule has 2 rings (SSSR count). The van der Waals surface area contributed by atoms with Gasteiger partial charge in [-0.25, -0.2) is 0 Å². The lowest BCUT2D eigenvalue weighted by Crippen LogP contribution is -2.45. The first-order valence-corrected chi connectivity index (χ1v) is 8.44. The summed E-state index contributed by atoms with van der Waals surface area (Å²) in [6.07, 6.45) is 3.84. The van der Waals surface area contributed by atoms with Crippen molar-refractivity contribution < 1.29 is 0 Å². The van der Waals surface area contributed by atoms with Crippen LogP contribution in [0, 0.1) is 0 Å². The lowest BCUT2D eigenvalue weighted by atomic mass is 9.90. The van der Waals surface area contributed by atoms with E-state index in [1.54, 1.807) is 0 Å². The van der Waals surface area contributed by atoms with Gasteiger partial charge in [0.1, 0.15) is 0 Å². The van der Waals surface area contributed by atoms with Gasteiger partial charge in [0.05, 0.1) is 0 Å². The number of hydrogen-bond donors (Lipinski definition) is 1. The number of hydrogen-bond acceptors (Lipinski definition) is 2. The van der Waals surface area contributed by atoms with E-state index in [-0.39, 0.29) is 0 Å². The maximum Gasteiger partial charge on any atom is 0.0288 e. The smallest absolute Gasteiger partial charge is 0.0288 e. The molecule has 2 heteroatoms. The number of rotatable bonds is 5. The summed E-state index contributed by atoms with van der Waals surface area (Å²) in [6.45, 7) is 6.93. The first-order chi connectivity index (χ1) is 9.05. The van der Waals surface area contributed by atoms with E-state index in [0.29, 0.717) is 16.7 Å². The zero-order valence-electron chi connectivity index (χ0n) is 12.7. The molecule has 1 aliphatic rings. The quantitative estimate of drug-likeness (QED) is 0.864. The molecule has 0 aliphatic carbocycles. The van der Waals surface area contributed by atoms with Crippen LogP contribution in [-0.2, 0) is 6.42 Å². The van der Waals surface area contributed by atoms with Gasteiger partial charge in [-0.3, -0.25) is 0 Å². The zero-order valence-corrected chi connectivity index (χ0v) is 13.5. The van der Waals surface area contributed by atoms with Crippen LogP contribution < -0.4 is 5.32 Å². The van der Waals surface area contributed by atoms with Crippen LogP contribution in [0.3, 0.4) is 0 Å². The molecule has 1 N–H and O–H groups in total. The van der Waals surface area contributed by atoms with Crippen LogP contribution in [0.1, 0.15) is 50.7 Å². The average Bonchev–Trinajstić information content (AvgIpc) is 2.84. The zero-order chi connectivity index (χ0) is 13.9. The van der Waals surface area contributed by atoms with Crippen molar-refractivity contribution in [1.29, 1.82) is 0 Å². The first-order valence-electron chi connectivity index (χ1n) is 7.45. The maximum atomic E-state index is 3.55. The minimum Gasteiger partial charge on any atom is -0.315 e. The Labute approximate surface area is 122 Å². The second-order valence-corrected chi connectivity index (χ2v) is 7.84. The summed E-state index contributed by atoms with van der Waals surface area (Å²) < 4.78 is 0.408. The van der Waals surface area contributed by atoms with Gasteiger partial charge in [0.2, 0.25) is 0 Å². The highest BCUT2D eigenvalue weighted by atomic mass is 32.2. The largest absolute Gasteiger partial charge is 0.315 e. The van der Waals surface area contributed by atoms with E-state index in [1.165, 1.54) is 29.7 Å². The lowest BCUT2D eigenvalue weighted by molar-refractivity contribution is 0.424. The summed E-state index contributed by atoms with van der Waals surface area (Å²) in [7, 11) is 2.11. The summed E-state index contributed by atoms with van der Waals surface area (Å²) in [4.78, 5) is 0. The summed E-state index contributed by atoms with van der Waals surface area (Å²) in [5.41, 5.74) is 2.89. The van der Waals surface area contributed by atoms with Crippen molar-refractivity contribution in [2.75, 3.05) is 12.8 Å². The Morgan fingerprint density at radius 3 is 2.42 bits per heavy atom. The second kappa shape index (κ2) is 6.32. The van der Waals surface area contributed by atoms with Gasteiger partial charge in [-0.2, -0.15) is 11.8 Å². The van der Waals surface area contributed by atoms with E-state index in [0.717, 1.165) is 6.42 Å². The van der Waals surface area contributed by atoms with Crippen molar-refractivity contribution in [2.24, 2.45) is 0 Å². The predicted molar refractivity (Wildman–Crippen MR) is 87.2 cm³/mol. The minimum absolute atomic E-state index is 0.408. The Morgan fingerprint density at radius 1 is 1.26 bits per heavy atom. The molecular weight excluding hydrogens is 250 g/mol. The molecule has 1 aromatic rings. The molecule has 1 nitrogen and oxygen atoms in total. The average molecular weight is 277 g/mol. The van der Waals surface area contributed by atoms with Gasteiger partial charge in [0, 0.05) is 10.8 Å². The Morgan fingerprint density at radius 2 is 1.95 bits per heavy atom. The van der Waals surface area contributed by atoms with Gasteiger partial charge in [-0.1, -0.05) is 38.1 Å². The molecule has 1 aromatic carbocycles. The molecular formula is C17H27NS. The minimum atomic E-state index is 0.408. The van der Waals surface area contributed by atoms with Gasteiger partial charge in [-0.05, 0) is 56.0 Å². The van der Waals surface area contributed by atoms with E-state index in [2.05, 4.69) is 69.2 Å². The highest BCUT2D eigenvalue weighted by Gasteiger charge is 2.36. The molecule has 0 bridgehead atoms. The van der Waals surface area contributed by atoms with Gasteiger partial charge >= 0.3 is 0 Å². The molecule has 0 amide bonds. The molecule has 2 unspecified atom stereocenters. The summed E-state index contributed by atoms with van der Waals surface area (Å²) in [6, 6.07) is 9.77. The fraction of sp³-hybridized carbons (Fsp3) is 0.647.